The van der Waals surface area contributed by atoms with E-state index in [0.29, 0.717) is 69.8 Å². The third-order valence-corrected chi connectivity index (χ3v) is 13.6. The Bertz CT molecular complexity index is 1520. The van der Waals surface area contributed by atoms with Crippen LogP contribution in [0.2, 0.25) is 0 Å². The van der Waals surface area contributed by atoms with E-state index in [2.05, 4.69) is 65.4 Å². The molecule has 0 spiro atoms. The zero-order valence-electron chi connectivity index (χ0n) is 38.9. The lowest BCUT2D eigenvalue weighted by Crippen LogP contribution is -2.60. The number of unbranched alkanes of at least 4 members (excludes halogenated alkanes) is 7. The second kappa shape index (κ2) is 30.1. The van der Waals surface area contributed by atoms with Gasteiger partial charge in [-0.15, -0.1) is 0 Å². The van der Waals surface area contributed by atoms with Gasteiger partial charge in [-0.3, -0.25) is 33.6 Å². The molecule has 9 amide bonds. The minimum Gasteiger partial charge on any atom is -0.356 e. The highest BCUT2D eigenvalue weighted by Gasteiger charge is 2.42. The largest absolute Gasteiger partial charge is 0.356 e. The van der Waals surface area contributed by atoms with Gasteiger partial charge in [0.2, 0.25) is 41.4 Å². The maximum Gasteiger partial charge on any atom is 0.315 e. The molecular weight excluding hydrogens is 843 g/mol. The van der Waals surface area contributed by atoms with Crippen molar-refractivity contribution in [1.82, 2.24) is 58.5 Å². The number of fused-ring (bicyclic) bond motifs is 1. The van der Waals surface area contributed by atoms with Crippen molar-refractivity contribution in [3.63, 3.8) is 0 Å². The smallest absolute Gasteiger partial charge is 0.315 e. The summed E-state index contributed by atoms with van der Waals surface area (Å²) < 4.78 is 0. The molecular formula is C44H79N11O8S. The maximum atomic E-state index is 14.2. The van der Waals surface area contributed by atoms with Crippen LogP contribution in [0.5, 0.6) is 0 Å². The van der Waals surface area contributed by atoms with Crippen LogP contribution in [0.15, 0.2) is 0 Å². The first-order valence-corrected chi connectivity index (χ1v) is 24.9. The molecule has 3 heterocycles. The second-order valence-electron chi connectivity index (χ2n) is 17.5. The van der Waals surface area contributed by atoms with Gasteiger partial charge in [0.25, 0.3) is 0 Å². The number of rotatable bonds is 25. The van der Waals surface area contributed by atoms with E-state index >= 15 is 0 Å². The Morgan fingerprint density at radius 2 is 0.953 bits per heavy atom. The van der Waals surface area contributed by atoms with Gasteiger partial charge in [0.15, 0.2) is 0 Å². The van der Waals surface area contributed by atoms with Gasteiger partial charge in [0.1, 0.15) is 36.3 Å². The maximum absolute atomic E-state index is 14.2. The van der Waals surface area contributed by atoms with Crippen LogP contribution in [-0.4, -0.2) is 140 Å². The quantitative estimate of drug-likeness (QED) is 0.0449. The molecule has 3 rings (SSSR count). The molecule has 19 nitrogen and oxygen atoms in total. The number of hydrogen-bond acceptors (Lipinski definition) is 11. The van der Waals surface area contributed by atoms with E-state index in [1.54, 1.807) is 0 Å². The molecule has 64 heavy (non-hydrogen) atoms. The van der Waals surface area contributed by atoms with E-state index in [0.717, 1.165) is 57.1 Å². The number of hydrogen-bond donors (Lipinski definition) is 11. The van der Waals surface area contributed by atoms with Crippen molar-refractivity contribution in [3.05, 3.63) is 0 Å². The molecule has 0 bridgehead atoms. The Morgan fingerprint density at radius 1 is 0.516 bits per heavy atom. The molecule has 3 saturated heterocycles. The molecule has 20 heteroatoms. The van der Waals surface area contributed by atoms with E-state index < -0.39 is 71.7 Å². The second-order valence-corrected chi connectivity index (χ2v) is 18.7. The number of urea groups is 1. The number of carbonyl (C=O) groups is 8. The summed E-state index contributed by atoms with van der Waals surface area (Å²) in [7, 11) is 3.64. The fourth-order valence-corrected chi connectivity index (χ4v) is 9.66. The van der Waals surface area contributed by atoms with Crippen LogP contribution < -0.4 is 58.5 Å². The summed E-state index contributed by atoms with van der Waals surface area (Å²) in [6, 6.07) is -6.07. The van der Waals surface area contributed by atoms with Crippen molar-refractivity contribution in [1.29, 1.82) is 0 Å². The molecule has 11 N–H and O–H groups in total. The topological polar surface area (TPSA) is 269 Å². The fourth-order valence-electron chi connectivity index (χ4n) is 8.11. The molecule has 364 valence electrons. The third-order valence-electron chi connectivity index (χ3n) is 12.0. The molecule has 3 aliphatic heterocycles. The molecule has 3 unspecified atom stereocenters. The van der Waals surface area contributed by atoms with Crippen molar-refractivity contribution in [3.8, 4) is 0 Å². The predicted octanol–water partition coefficient (Wildman–Crippen LogP) is 0.711. The summed E-state index contributed by atoms with van der Waals surface area (Å²) in [6.07, 6.45) is 10.9. The van der Waals surface area contributed by atoms with Gasteiger partial charge in [-0.2, -0.15) is 11.8 Å². The summed E-state index contributed by atoms with van der Waals surface area (Å²) in [6.45, 7) is 6.84. The molecule has 0 aromatic heterocycles. The van der Waals surface area contributed by atoms with Gasteiger partial charge < -0.3 is 58.5 Å². The number of carbonyl (C=O) groups excluding carboxylic acids is 8. The predicted molar refractivity (Wildman–Crippen MR) is 248 cm³/mol. The number of amides is 9. The van der Waals surface area contributed by atoms with E-state index in [4.69, 9.17) is 0 Å². The van der Waals surface area contributed by atoms with Gasteiger partial charge in [0.05, 0.1) is 12.1 Å². The highest BCUT2D eigenvalue weighted by atomic mass is 32.2. The molecule has 0 aromatic carbocycles. The van der Waals surface area contributed by atoms with E-state index in [1.165, 1.54) is 13.8 Å². The van der Waals surface area contributed by atoms with Crippen LogP contribution in [0.1, 0.15) is 136 Å². The minimum atomic E-state index is -1.08. The van der Waals surface area contributed by atoms with Gasteiger partial charge in [0, 0.05) is 24.0 Å². The molecule has 0 radical (unpaired) electrons. The van der Waals surface area contributed by atoms with Crippen molar-refractivity contribution in [2.24, 2.45) is 0 Å². The summed E-state index contributed by atoms with van der Waals surface area (Å²) in [5.74, 6) is -2.64. The number of nitrogens with one attached hydrogen (secondary N) is 11. The zero-order valence-corrected chi connectivity index (χ0v) is 39.7. The average molecular weight is 922 g/mol. The van der Waals surface area contributed by atoms with Crippen molar-refractivity contribution in [2.75, 3.05) is 39.5 Å². The van der Waals surface area contributed by atoms with Gasteiger partial charge in [-0.1, -0.05) is 39.0 Å². The van der Waals surface area contributed by atoms with Crippen LogP contribution in [0, 0.1) is 0 Å². The zero-order chi connectivity index (χ0) is 46.9. The Labute approximate surface area is 384 Å². The van der Waals surface area contributed by atoms with Gasteiger partial charge in [-0.05, 0) is 118 Å². The highest BCUT2D eigenvalue weighted by molar-refractivity contribution is 8.00. The van der Waals surface area contributed by atoms with E-state index in [9.17, 15) is 38.4 Å². The molecule has 0 aliphatic carbocycles. The Hall–Kier alpha value is -4.17. The Morgan fingerprint density at radius 3 is 1.44 bits per heavy atom. The Balaban J connectivity index is 1.73. The lowest BCUT2D eigenvalue weighted by atomic mass is 10.0. The molecule has 0 saturated carbocycles. The summed E-state index contributed by atoms with van der Waals surface area (Å²) in [5, 5.41) is 32.1. The molecule has 3 fully saturated rings. The first kappa shape index (κ1) is 54.2. The average Bonchev–Trinajstić information content (AvgIpc) is 3.82. The van der Waals surface area contributed by atoms with Crippen molar-refractivity contribution < 1.29 is 38.4 Å². The third kappa shape index (κ3) is 19.5. The number of thioether (sulfide) groups is 1. The standard InChI is InChI=1S/C44H79N11O8S/c1-6-7-8-9-18-32-42(61)53-33(21-14-17-26-47-36(56)23-11-10-22-35-37-34(27-64-35)54-44(63)55-37)43(62)52-31(20-13-16-25-46-5)41(60)49-28(2)38(57)50-30(19-12-15-24-45-4)40(59)48-29(3)39(58)51-32/h28-35,37,45-46H,6-27H2,1-5H3,(H,47,56)(H,48,59)(H,49,60)(H,50,57)(H,51,58)(H,52,62)(H,53,61)(H2,54,55,63)/t28-,29-,30+,31+,32+,33-,34?,35?,37?/m1/s1. The van der Waals surface area contributed by atoms with E-state index in [-0.39, 0.29) is 43.3 Å². The van der Waals surface area contributed by atoms with Crippen molar-refractivity contribution >= 4 is 59.1 Å². The van der Waals surface area contributed by atoms with E-state index in [1.807, 2.05) is 25.9 Å². The first-order chi connectivity index (χ1) is 30.8. The monoisotopic (exact) mass is 922 g/mol. The lowest BCUT2D eigenvalue weighted by Gasteiger charge is -2.28. The molecule has 3 aliphatic rings. The van der Waals surface area contributed by atoms with Crippen LogP contribution in [0.4, 0.5) is 4.79 Å². The summed E-state index contributed by atoms with van der Waals surface area (Å²) in [5.41, 5.74) is 0. The first-order valence-electron chi connectivity index (χ1n) is 23.8. The van der Waals surface area contributed by atoms with Crippen LogP contribution in [0.3, 0.4) is 0 Å². The molecule has 0 aromatic rings. The minimum absolute atomic E-state index is 0.0720. The van der Waals surface area contributed by atoms with Crippen LogP contribution >= 0.6 is 11.8 Å². The molecule has 9 atom stereocenters. The highest BCUT2D eigenvalue weighted by Crippen LogP contribution is 2.33. The van der Waals surface area contributed by atoms with Gasteiger partial charge >= 0.3 is 6.03 Å². The fraction of sp³-hybridized carbons (Fsp3) is 0.818. The normalized spacial score (nSPS) is 27.1. The summed E-state index contributed by atoms with van der Waals surface area (Å²) >= 11 is 1.85. The lowest BCUT2D eigenvalue weighted by molar-refractivity contribution is -0.136. The van der Waals surface area contributed by atoms with Crippen molar-refractivity contribution in [2.45, 2.75) is 190 Å². The SMILES string of the molecule is CCCCCC[C@@H]1NC(=O)[C@@H](C)NC(=O)[C@H](CCCCNC)NC(=O)[C@@H](C)NC(=O)[C@H](CCCCNC)NC(=O)[C@@H](CCCCNC(=O)CCCCC2SCC3NC(=O)NC32)NC1=O. The summed E-state index contributed by atoms with van der Waals surface area (Å²) in [4.78, 5) is 107. The van der Waals surface area contributed by atoms with Crippen LogP contribution in [-0.2, 0) is 33.6 Å². The van der Waals surface area contributed by atoms with Crippen LogP contribution in [0.25, 0.3) is 0 Å². The van der Waals surface area contributed by atoms with Gasteiger partial charge in [-0.25, -0.2) is 4.79 Å². The Kier molecular flexibility index (Phi) is 25.5.